The van der Waals surface area contributed by atoms with Crippen molar-refractivity contribution in [1.29, 1.82) is 0 Å². The van der Waals surface area contributed by atoms with Gasteiger partial charge in [0.1, 0.15) is 22.7 Å². The molecule has 1 aromatic heterocycles. The monoisotopic (exact) mass is 419 g/mol. The van der Waals surface area contributed by atoms with Crippen LogP contribution in [0.1, 0.15) is 5.56 Å². The van der Waals surface area contributed by atoms with Crippen molar-refractivity contribution >= 4 is 39.5 Å². The number of hydrogen-bond donors (Lipinski definition) is 1. The summed E-state index contributed by atoms with van der Waals surface area (Å²) in [6, 6.07) is 18.2. The summed E-state index contributed by atoms with van der Waals surface area (Å²) in [7, 11) is 3.09. The maximum Gasteiger partial charge on any atom is 0.310 e. The average Bonchev–Trinajstić information content (AvgIpc) is 3.15. The zero-order chi connectivity index (χ0) is 21.8. The first-order chi connectivity index (χ1) is 15.1. The van der Waals surface area contributed by atoms with Crippen LogP contribution in [0.2, 0.25) is 0 Å². The molecule has 158 valence electrons. The first kappa shape index (κ1) is 20.3. The van der Waals surface area contributed by atoms with Crippen LogP contribution in [-0.2, 0) is 20.7 Å². The van der Waals surface area contributed by atoms with Crippen molar-refractivity contribution < 1.29 is 28.2 Å². The lowest BCUT2D eigenvalue weighted by Gasteiger charge is -2.11. The summed E-state index contributed by atoms with van der Waals surface area (Å²) < 4.78 is 21.5. The van der Waals surface area contributed by atoms with Gasteiger partial charge in [0.25, 0.3) is 5.91 Å². The number of amides is 1. The Bertz CT molecular complexity index is 1240. The molecule has 3 aromatic carbocycles. The SMILES string of the molecule is COc1ccc(CC(=O)OCC(=O)Nc2cc3oc4ccccc4c3cc2OC)cc1. The maximum absolute atomic E-state index is 12.3. The van der Waals surface area contributed by atoms with Gasteiger partial charge in [-0.25, -0.2) is 0 Å². The van der Waals surface area contributed by atoms with E-state index in [4.69, 9.17) is 18.6 Å². The Kier molecular flexibility index (Phi) is 5.75. The number of nitrogens with one attached hydrogen (secondary N) is 1. The quantitative estimate of drug-likeness (QED) is 0.449. The predicted octanol–water partition coefficient (Wildman–Crippen LogP) is 4.33. The van der Waals surface area contributed by atoms with Gasteiger partial charge in [-0.2, -0.15) is 0 Å². The van der Waals surface area contributed by atoms with Gasteiger partial charge in [-0.15, -0.1) is 0 Å². The van der Waals surface area contributed by atoms with Gasteiger partial charge in [0.15, 0.2) is 6.61 Å². The summed E-state index contributed by atoms with van der Waals surface area (Å²) in [4.78, 5) is 24.4. The van der Waals surface area contributed by atoms with Crippen molar-refractivity contribution in [2.45, 2.75) is 6.42 Å². The Hall–Kier alpha value is -4.00. The number of para-hydroxylation sites is 1. The minimum atomic E-state index is -0.500. The Morgan fingerprint density at radius 1 is 0.903 bits per heavy atom. The van der Waals surface area contributed by atoms with Crippen LogP contribution < -0.4 is 14.8 Å². The third-order valence-electron chi connectivity index (χ3n) is 4.84. The highest BCUT2D eigenvalue weighted by atomic mass is 16.5. The van der Waals surface area contributed by atoms with Crippen LogP contribution in [0.5, 0.6) is 11.5 Å². The molecule has 1 heterocycles. The van der Waals surface area contributed by atoms with Gasteiger partial charge in [0.2, 0.25) is 0 Å². The summed E-state index contributed by atoms with van der Waals surface area (Å²) in [5.74, 6) is 0.209. The zero-order valence-corrected chi connectivity index (χ0v) is 17.1. The van der Waals surface area contributed by atoms with Crippen LogP contribution in [0.15, 0.2) is 65.1 Å². The molecule has 1 N–H and O–H groups in total. The Morgan fingerprint density at radius 2 is 1.68 bits per heavy atom. The Morgan fingerprint density at radius 3 is 2.42 bits per heavy atom. The van der Waals surface area contributed by atoms with Crippen LogP contribution in [-0.4, -0.2) is 32.7 Å². The summed E-state index contributed by atoms with van der Waals surface area (Å²) in [5.41, 5.74) is 2.57. The van der Waals surface area contributed by atoms with Crippen molar-refractivity contribution in [1.82, 2.24) is 0 Å². The van der Waals surface area contributed by atoms with E-state index in [9.17, 15) is 9.59 Å². The molecule has 4 aromatic rings. The molecule has 0 radical (unpaired) electrons. The number of benzene rings is 3. The molecule has 0 bridgehead atoms. The zero-order valence-electron chi connectivity index (χ0n) is 17.1. The van der Waals surface area contributed by atoms with E-state index in [0.29, 0.717) is 22.8 Å². The van der Waals surface area contributed by atoms with E-state index in [0.717, 1.165) is 21.9 Å². The first-order valence-electron chi connectivity index (χ1n) is 9.65. The smallest absolute Gasteiger partial charge is 0.310 e. The number of ether oxygens (including phenoxy) is 3. The summed E-state index contributed by atoms with van der Waals surface area (Å²) in [5, 5.41) is 4.56. The molecular formula is C24H21NO6. The fraction of sp³-hybridized carbons (Fsp3) is 0.167. The second kappa shape index (κ2) is 8.79. The molecule has 0 spiro atoms. The third-order valence-corrected chi connectivity index (χ3v) is 4.84. The molecule has 7 heteroatoms. The van der Waals surface area contributed by atoms with Crippen molar-refractivity contribution in [2.24, 2.45) is 0 Å². The lowest BCUT2D eigenvalue weighted by molar-refractivity contribution is -0.146. The number of methoxy groups -OCH3 is 2. The molecule has 0 aliphatic heterocycles. The molecule has 4 rings (SSSR count). The molecule has 7 nitrogen and oxygen atoms in total. The van der Waals surface area contributed by atoms with E-state index >= 15 is 0 Å². The lowest BCUT2D eigenvalue weighted by atomic mass is 10.1. The molecule has 0 aliphatic rings. The number of carbonyl (C=O) groups is 2. The molecule has 0 fully saturated rings. The normalized spacial score (nSPS) is 10.8. The Labute approximate surface area is 178 Å². The van der Waals surface area contributed by atoms with Gasteiger partial charge in [0, 0.05) is 16.8 Å². The fourth-order valence-electron chi connectivity index (χ4n) is 3.31. The van der Waals surface area contributed by atoms with E-state index < -0.39 is 18.5 Å². The van der Waals surface area contributed by atoms with Gasteiger partial charge in [-0.3, -0.25) is 9.59 Å². The molecule has 0 unspecified atom stereocenters. The highest BCUT2D eigenvalue weighted by Crippen LogP contribution is 2.36. The Balaban J connectivity index is 1.41. The molecule has 0 atom stereocenters. The number of furan rings is 1. The minimum absolute atomic E-state index is 0.0611. The molecule has 31 heavy (non-hydrogen) atoms. The van der Waals surface area contributed by atoms with Crippen LogP contribution in [0.4, 0.5) is 5.69 Å². The van der Waals surface area contributed by atoms with Gasteiger partial charge >= 0.3 is 5.97 Å². The second-order valence-corrected chi connectivity index (χ2v) is 6.88. The first-order valence-corrected chi connectivity index (χ1v) is 9.65. The van der Waals surface area contributed by atoms with Crippen molar-refractivity contribution in [2.75, 3.05) is 26.1 Å². The van der Waals surface area contributed by atoms with Crippen LogP contribution in [0.3, 0.4) is 0 Å². The third kappa shape index (κ3) is 4.45. The van der Waals surface area contributed by atoms with E-state index in [1.54, 1.807) is 37.4 Å². The number of carbonyl (C=O) groups excluding carboxylic acids is 2. The van der Waals surface area contributed by atoms with E-state index in [-0.39, 0.29) is 6.42 Å². The molecule has 0 saturated carbocycles. The lowest BCUT2D eigenvalue weighted by Crippen LogP contribution is -2.21. The largest absolute Gasteiger partial charge is 0.497 e. The predicted molar refractivity (Wildman–Crippen MR) is 117 cm³/mol. The number of rotatable bonds is 7. The van der Waals surface area contributed by atoms with Crippen molar-refractivity contribution in [3.05, 3.63) is 66.2 Å². The second-order valence-electron chi connectivity index (χ2n) is 6.88. The van der Waals surface area contributed by atoms with Crippen LogP contribution >= 0.6 is 0 Å². The van der Waals surface area contributed by atoms with Gasteiger partial charge in [0.05, 0.1) is 26.3 Å². The van der Waals surface area contributed by atoms with E-state index in [2.05, 4.69) is 5.32 Å². The highest BCUT2D eigenvalue weighted by Gasteiger charge is 2.15. The maximum atomic E-state index is 12.3. The van der Waals surface area contributed by atoms with Crippen LogP contribution in [0, 0.1) is 0 Å². The average molecular weight is 419 g/mol. The minimum Gasteiger partial charge on any atom is -0.497 e. The van der Waals surface area contributed by atoms with Gasteiger partial charge < -0.3 is 23.9 Å². The topological polar surface area (TPSA) is 87.0 Å². The molecule has 1 amide bonds. The number of anilines is 1. The summed E-state index contributed by atoms with van der Waals surface area (Å²) in [6.07, 6.45) is 0.0611. The van der Waals surface area contributed by atoms with Gasteiger partial charge in [-0.1, -0.05) is 30.3 Å². The number of hydrogen-bond acceptors (Lipinski definition) is 6. The van der Waals surface area contributed by atoms with E-state index in [1.165, 1.54) is 7.11 Å². The summed E-state index contributed by atoms with van der Waals surface area (Å²) >= 11 is 0. The van der Waals surface area contributed by atoms with Crippen molar-refractivity contribution in [3.8, 4) is 11.5 Å². The molecule has 0 aliphatic carbocycles. The fourth-order valence-corrected chi connectivity index (χ4v) is 3.31. The number of fused-ring (bicyclic) bond motifs is 3. The van der Waals surface area contributed by atoms with Gasteiger partial charge in [-0.05, 0) is 29.8 Å². The van der Waals surface area contributed by atoms with E-state index in [1.807, 2.05) is 30.3 Å². The summed E-state index contributed by atoms with van der Waals surface area (Å²) in [6.45, 7) is -0.406. The molecule has 0 saturated heterocycles. The highest BCUT2D eigenvalue weighted by molar-refractivity contribution is 6.07. The standard InChI is InChI=1S/C24H21NO6/c1-28-16-9-7-15(8-10-16)11-24(27)30-14-23(26)25-19-13-21-18(12-22(19)29-2)17-5-3-4-6-20(17)31-21/h3-10,12-13H,11,14H2,1-2H3,(H,25,26). The number of esters is 1. The van der Waals surface area contributed by atoms with Crippen molar-refractivity contribution in [3.63, 3.8) is 0 Å². The molecular weight excluding hydrogens is 398 g/mol. The van der Waals surface area contributed by atoms with Crippen LogP contribution in [0.25, 0.3) is 21.9 Å².